The second-order valence-corrected chi connectivity index (χ2v) is 8.20. The molecule has 0 unspecified atom stereocenters. The predicted molar refractivity (Wildman–Crippen MR) is 124 cm³/mol. The molecule has 4 rings (SSSR count). The maximum absolute atomic E-state index is 12.7. The van der Waals surface area contributed by atoms with Crippen LogP contribution < -0.4 is 15.4 Å². The number of hydrogen-bond acceptors (Lipinski definition) is 5. The van der Waals surface area contributed by atoms with Gasteiger partial charge in [0.05, 0.1) is 22.4 Å². The summed E-state index contributed by atoms with van der Waals surface area (Å²) in [5.74, 6) is 0.207. The van der Waals surface area contributed by atoms with E-state index in [2.05, 4.69) is 15.6 Å². The normalized spacial score (nSPS) is 10.7. The number of pyridine rings is 1. The molecule has 0 aliphatic heterocycles. The number of aryl methyl sites for hydroxylation is 2. The minimum Gasteiger partial charge on any atom is -0.497 e. The number of ether oxygens (including phenoxy) is 1. The lowest BCUT2D eigenvalue weighted by molar-refractivity contribution is 0.102. The average molecular weight is 432 g/mol. The molecule has 2 amide bonds. The van der Waals surface area contributed by atoms with Gasteiger partial charge in [0, 0.05) is 22.5 Å². The van der Waals surface area contributed by atoms with Crippen LogP contribution in [0.4, 0.5) is 11.4 Å². The van der Waals surface area contributed by atoms with Crippen LogP contribution in [0.5, 0.6) is 5.75 Å². The summed E-state index contributed by atoms with van der Waals surface area (Å²) in [6, 6.07) is 18.2. The van der Waals surface area contributed by atoms with Crippen molar-refractivity contribution >= 4 is 45.4 Å². The maximum atomic E-state index is 12.7. The third kappa shape index (κ3) is 4.57. The number of carbonyl (C=O) groups is 2. The van der Waals surface area contributed by atoms with Crippen LogP contribution in [0, 0.1) is 13.8 Å². The van der Waals surface area contributed by atoms with Crippen molar-refractivity contribution in [3.63, 3.8) is 0 Å². The molecule has 156 valence electrons. The Labute approximate surface area is 183 Å². The second kappa shape index (κ2) is 8.57. The number of amides is 2. The third-order valence-corrected chi connectivity index (χ3v) is 5.90. The van der Waals surface area contributed by atoms with Gasteiger partial charge in [0.15, 0.2) is 0 Å². The Morgan fingerprint density at radius 2 is 1.61 bits per heavy atom. The fourth-order valence-electron chi connectivity index (χ4n) is 3.17. The molecule has 0 saturated carbocycles. The van der Waals surface area contributed by atoms with E-state index in [1.165, 1.54) is 0 Å². The molecule has 2 N–H and O–H groups in total. The second-order valence-electron chi connectivity index (χ2n) is 7.11. The number of carbonyl (C=O) groups excluding carboxylic acids is 2. The molecule has 0 bridgehead atoms. The number of aromatic nitrogens is 1. The van der Waals surface area contributed by atoms with Gasteiger partial charge in [0.25, 0.3) is 11.8 Å². The number of methoxy groups -OCH3 is 1. The summed E-state index contributed by atoms with van der Waals surface area (Å²) in [4.78, 5) is 30.7. The molecular formula is C24H21N3O3S. The highest BCUT2D eigenvalue weighted by Crippen LogP contribution is 2.24. The number of nitrogens with one attached hydrogen (secondary N) is 2. The van der Waals surface area contributed by atoms with Crippen LogP contribution in [0.1, 0.15) is 30.6 Å². The molecule has 0 atom stereocenters. The topological polar surface area (TPSA) is 80.3 Å². The maximum Gasteiger partial charge on any atom is 0.265 e. The Morgan fingerprint density at radius 3 is 2.32 bits per heavy atom. The first-order valence-corrected chi connectivity index (χ1v) is 10.5. The number of fused-ring (bicyclic) bond motifs is 1. The van der Waals surface area contributed by atoms with Gasteiger partial charge in [-0.05, 0) is 74.0 Å². The molecular weight excluding hydrogens is 410 g/mol. The molecule has 2 heterocycles. The van der Waals surface area contributed by atoms with Gasteiger partial charge in [-0.25, -0.2) is 0 Å². The fraction of sp³-hybridized carbons (Fsp3) is 0.125. The highest BCUT2D eigenvalue weighted by molar-refractivity contribution is 7.16. The number of nitrogens with zero attached hydrogens (tertiary/aromatic N) is 1. The van der Waals surface area contributed by atoms with E-state index in [1.807, 2.05) is 50.2 Å². The SMILES string of the molecule is COc1ccc(NC(=O)c2ccc(C(=O)Nc3ccc4nc(C)ccc4c3)s2)c(C)c1. The summed E-state index contributed by atoms with van der Waals surface area (Å²) >= 11 is 1.15. The van der Waals surface area contributed by atoms with Crippen molar-refractivity contribution in [2.75, 3.05) is 17.7 Å². The van der Waals surface area contributed by atoms with Crippen molar-refractivity contribution < 1.29 is 14.3 Å². The molecule has 0 saturated heterocycles. The Morgan fingerprint density at radius 1 is 0.871 bits per heavy atom. The lowest BCUT2D eigenvalue weighted by atomic mass is 10.2. The summed E-state index contributed by atoms with van der Waals surface area (Å²) in [5, 5.41) is 6.72. The van der Waals surface area contributed by atoms with Gasteiger partial charge in [0.1, 0.15) is 5.75 Å². The number of thiophene rings is 1. The van der Waals surface area contributed by atoms with Gasteiger partial charge in [0.2, 0.25) is 0 Å². The Balaban J connectivity index is 1.46. The lowest BCUT2D eigenvalue weighted by Gasteiger charge is -2.09. The van der Waals surface area contributed by atoms with Crippen LogP contribution in [0.3, 0.4) is 0 Å². The minimum absolute atomic E-state index is 0.260. The molecule has 4 aromatic rings. The van der Waals surface area contributed by atoms with E-state index in [1.54, 1.807) is 31.4 Å². The first kappa shape index (κ1) is 20.6. The smallest absolute Gasteiger partial charge is 0.265 e. The van der Waals surface area contributed by atoms with Crippen LogP contribution >= 0.6 is 11.3 Å². The quantitative estimate of drug-likeness (QED) is 0.442. The lowest BCUT2D eigenvalue weighted by Crippen LogP contribution is -2.11. The highest BCUT2D eigenvalue weighted by Gasteiger charge is 2.15. The van der Waals surface area contributed by atoms with E-state index in [0.717, 1.165) is 39.2 Å². The molecule has 0 aliphatic rings. The van der Waals surface area contributed by atoms with Gasteiger partial charge >= 0.3 is 0 Å². The van der Waals surface area contributed by atoms with Crippen LogP contribution in [0.2, 0.25) is 0 Å². The molecule has 2 aromatic carbocycles. The van der Waals surface area contributed by atoms with Crippen molar-refractivity contribution in [1.82, 2.24) is 4.98 Å². The molecule has 31 heavy (non-hydrogen) atoms. The van der Waals surface area contributed by atoms with Crippen LogP contribution in [0.15, 0.2) is 60.7 Å². The third-order valence-electron chi connectivity index (χ3n) is 4.82. The largest absolute Gasteiger partial charge is 0.497 e. The van der Waals surface area contributed by atoms with Gasteiger partial charge in [-0.2, -0.15) is 0 Å². The van der Waals surface area contributed by atoms with E-state index in [9.17, 15) is 9.59 Å². The van der Waals surface area contributed by atoms with Gasteiger partial charge in [-0.15, -0.1) is 11.3 Å². The zero-order chi connectivity index (χ0) is 22.0. The van der Waals surface area contributed by atoms with E-state index in [4.69, 9.17) is 4.74 Å². The summed E-state index contributed by atoms with van der Waals surface area (Å²) < 4.78 is 5.19. The van der Waals surface area contributed by atoms with E-state index in [-0.39, 0.29) is 11.8 Å². The van der Waals surface area contributed by atoms with Crippen LogP contribution in [-0.4, -0.2) is 23.9 Å². The minimum atomic E-state index is -0.260. The first-order chi connectivity index (χ1) is 14.9. The summed E-state index contributed by atoms with van der Waals surface area (Å²) in [5.41, 5.74) is 4.09. The van der Waals surface area contributed by atoms with Crippen molar-refractivity contribution in [3.05, 3.63) is 81.7 Å². The van der Waals surface area contributed by atoms with Gasteiger partial charge in [-0.3, -0.25) is 14.6 Å². The van der Waals surface area contributed by atoms with Crippen molar-refractivity contribution in [1.29, 1.82) is 0 Å². The van der Waals surface area contributed by atoms with Crippen LogP contribution in [0.25, 0.3) is 10.9 Å². The zero-order valence-electron chi connectivity index (χ0n) is 17.4. The van der Waals surface area contributed by atoms with Gasteiger partial charge < -0.3 is 15.4 Å². The number of anilines is 2. The van der Waals surface area contributed by atoms with Crippen molar-refractivity contribution in [2.24, 2.45) is 0 Å². The van der Waals surface area contributed by atoms with E-state index < -0.39 is 0 Å². The summed E-state index contributed by atoms with van der Waals surface area (Å²) in [6.07, 6.45) is 0. The Bertz CT molecular complexity index is 1300. The standard InChI is InChI=1S/C24H21N3O3S/c1-14-12-18(30-3)7-9-19(14)27-24(29)22-11-10-21(31-22)23(28)26-17-6-8-20-16(13-17)5-4-15(2)25-20/h4-13H,1-3H3,(H,26,28)(H,27,29). The van der Waals surface area contributed by atoms with Crippen LogP contribution in [-0.2, 0) is 0 Å². The Kier molecular flexibility index (Phi) is 5.68. The zero-order valence-corrected chi connectivity index (χ0v) is 18.2. The molecule has 0 fully saturated rings. The predicted octanol–water partition coefficient (Wildman–Crippen LogP) is 5.43. The average Bonchev–Trinajstić information content (AvgIpc) is 3.26. The molecule has 0 radical (unpaired) electrons. The number of hydrogen-bond donors (Lipinski definition) is 2. The Hall–Kier alpha value is -3.71. The van der Waals surface area contributed by atoms with E-state index >= 15 is 0 Å². The molecule has 0 aliphatic carbocycles. The molecule has 7 heteroatoms. The van der Waals surface area contributed by atoms with Gasteiger partial charge in [-0.1, -0.05) is 6.07 Å². The number of benzene rings is 2. The fourth-order valence-corrected chi connectivity index (χ4v) is 3.96. The molecule has 2 aromatic heterocycles. The van der Waals surface area contributed by atoms with Crippen molar-refractivity contribution in [3.8, 4) is 5.75 Å². The first-order valence-electron chi connectivity index (χ1n) is 9.67. The van der Waals surface area contributed by atoms with E-state index in [0.29, 0.717) is 21.1 Å². The molecule has 6 nitrogen and oxygen atoms in total. The summed E-state index contributed by atoms with van der Waals surface area (Å²) in [6.45, 7) is 3.83. The monoisotopic (exact) mass is 431 g/mol. The summed E-state index contributed by atoms with van der Waals surface area (Å²) in [7, 11) is 1.60. The number of rotatable bonds is 5. The highest BCUT2D eigenvalue weighted by atomic mass is 32.1. The van der Waals surface area contributed by atoms with Crippen molar-refractivity contribution in [2.45, 2.75) is 13.8 Å². The molecule has 0 spiro atoms.